The first-order valence-electron chi connectivity index (χ1n) is 8.73. The average molecular weight is 359 g/mol. The number of hydrogen-bond acceptors (Lipinski definition) is 5. The van der Waals surface area contributed by atoms with Gasteiger partial charge in [-0.05, 0) is 49.1 Å². The number of fused-ring (bicyclic) bond motifs is 3. The van der Waals surface area contributed by atoms with Gasteiger partial charge < -0.3 is 4.42 Å². The quantitative estimate of drug-likeness (QED) is 0.633. The van der Waals surface area contributed by atoms with Crippen molar-refractivity contribution in [2.75, 3.05) is 5.75 Å². The molecule has 0 spiro atoms. The van der Waals surface area contributed by atoms with Gasteiger partial charge in [0.25, 0.3) is 5.22 Å². The van der Waals surface area contributed by atoms with Crippen molar-refractivity contribution in [1.29, 1.82) is 0 Å². The number of rotatable bonds is 5. The van der Waals surface area contributed by atoms with Crippen molar-refractivity contribution < 1.29 is 14.0 Å². The van der Waals surface area contributed by atoms with E-state index in [1.54, 1.807) is 0 Å². The molecule has 1 aromatic carbocycles. The molecule has 2 amide bonds. The number of carbonyl (C=O) groups excluding carboxylic acids is 2. The molecule has 0 saturated heterocycles. The molecular formula is C18H21N3O3S. The molecule has 2 aliphatic rings. The fourth-order valence-electron chi connectivity index (χ4n) is 4.13. The van der Waals surface area contributed by atoms with Gasteiger partial charge in [0, 0.05) is 6.42 Å². The lowest BCUT2D eigenvalue weighted by molar-refractivity contribution is -0.128. The van der Waals surface area contributed by atoms with E-state index in [0.29, 0.717) is 29.1 Å². The van der Waals surface area contributed by atoms with Gasteiger partial charge in [0.2, 0.25) is 11.8 Å². The maximum absolute atomic E-state index is 12.0. The lowest BCUT2D eigenvalue weighted by Gasteiger charge is -2.20. The van der Waals surface area contributed by atoms with Gasteiger partial charge in [-0.15, -0.1) is 0 Å². The highest BCUT2D eigenvalue weighted by atomic mass is 32.2. The molecular weight excluding hydrogens is 338 g/mol. The summed E-state index contributed by atoms with van der Waals surface area (Å²) in [5, 5.41) is 0.449. The Labute approximate surface area is 150 Å². The number of benzene rings is 1. The molecule has 2 bridgehead atoms. The van der Waals surface area contributed by atoms with E-state index in [2.05, 4.69) is 15.8 Å². The minimum Gasteiger partial charge on any atom is -0.431 e. The summed E-state index contributed by atoms with van der Waals surface area (Å²) in [5.41, 5.74) is 6.47. The molecule has 25 heavy (non-hydrogen) atoms. The van der Waals surface area contributed by atoms with E-state index < -0.39 is 0 Å². The van der Waals surface area contributed by atoms with Crippen LogP contribution in [0.1, 0.15) is 32.1 Å². The van der Waals surface area contributed by atoms with Crippen molar-refractivity contribution >= 4 is 34.7 Å². The van der Waals surface area contributed by atoms with Crippen LogP contribution in [-0.4, -0.2) is 22.6 Å². The van der Waals surface area contributed by atoms with Gasteiger partial charge in [0.05, 0.1) is 5.75 Å². The standard InChI is InChI=1S/C18H21N3O3S/c22-16(9-13-8-11-5-6-12(13)7-11)20-21-17(23)10-25-18-19-14-3-1-2-4-15(14)24-18/h1-4,11-13H,5-10H2,(H,20,22)(H,21,23)/t11-,12-,13+/m1/s1. The smallest absolute Gasteiger partial charge is 0.257 e. The Hall–Kier alpha value is -2.02. The van der Waals surface area contributed by atoms with Crippen LogP contribution < -0.4 is 10.9 Å². The maximum Gasteiger partial charge on any atom is 0.257 e. The topological polar surface area (TPSA) is 84.2 Å². The predicted molar refractivity (Wildman–Crippen MR) is 94.6 cm³/mol. The third-order valence-corrected chi connectivity index (χ3v) is 6.10. The van der Waals surface area contributed by atoms with E-state index in [1.165, 1.54) is 37.4 Å². The molecule has 2 aromatic rings. The van der Waals surface area contributed by atoms with Crippen molar-refractivity contribution in [3.63, 3.8) is 0 Å². The summed E-state index contributed by atoms with van der Waals surface area (Å²) in [4.78, 5) is 28.2. The summed E-state index contributed by atoms with van der Waals surface area (Å²) in [7, 11) is 0. The van der Waals surface area contributed by atoms with Crippen molar-refractivity contribution in [2.45, 2.75) is 37.3 Å². The summed E-state index contributed by atoms with van der Waals surface area (Å²) in [6, 6.07) is 7.46. The van der Waals surface area contributed by atoms with Crippen LogP contribution >= 0.6 is 11.8 Å². The highest BCUT2D eigenvalue weighted by Crippen LogP contribution is 2.49. The number of hydrazine groups is 1. The number of aromatic nitrogens is 1. The van der Waals surface area contributed by atoms with E-state index in [1.807, 2.05) is 24.3 Å². The maximum atomic E-state index is 12.0. The highest BCUT2D eigenvalue weighted by Gasteiger charge is 2.40. The number of nitrogens with zero attached hydrogens (tertiary/aromatic N) is 1. The molecule has 1 heterocycles. The zero-order chi connectivity index (χ0) is 17.2. The molecule has 0 unspecified atom stereocenters. The van der Waals surface area contributed by atoms with E-state index in [9.17, 15) is 9.59 Å². The minimum atomic E-state index is -0.270. The van der Waals surface area contributed by atoms with Gasteiger partial charge >= 0.3 is 0 Å². The second kappa shape index (κ2) is 7.07. The third kappa shape index (κ3) is 3.81. The average Bonchev–Trinajstić information content (AvgIpc) is 3.32. The number of para-hydroxylation sites is 2. The SMILES string of the molecule is O=C(CSc1nc2ccccc2o1)NNC(=O)C[C@@H]1C[C@@H]2CC[C@@H]1C2. The fourth-order valence-corrected chi connectivity index (χ4v) is 4.77. The van der Waals surface area contributed by atoms with Crippen LogP contribution in [0.25, 0.3) is 11.1 Å². The molecule has 0 radical (unpaired) electrons. The van der Waals surface area contributed by atoms with E-state index in [4.69, 9.17) is 4.42 Å². The zero-order valence-corrected chi connectivity index (χ0v) is 14.7. The lowest BCUT2D eigenvalue weighted by Crippen LogP contribution is -2.43. The number of nitrogens with one attached hydrogen (secondary N) is 2. The Kier molecular flexibility index (Phi) is 4.65. The molecule has 132 valence electrons. The zero-order valence-electron chi connectivity index (χ0n) is 13.9. The molecule has 2 fully saturated rings. The summed E-state index contributed by atoms with van der Waals surface area (Å²) in [5.74, 6) is 1.80. The Morgan fingerprint density at radius 2 is 2.00 bits per heavy atom. The summed E-state index contributed by atoms with van der Waals surface area (Å²) >= 11 is 1.21. The number of amides is 2. The Morgan fingerprint density at radius 1 is 1.16 bits per heavy atom. The largest absolute Gasteiger partial charge is 0.431 e. The minimum absolute atomic E-state index is 0.0993. The predicted octanol–water partition coefficient (Wildman–Crippen LogP) is 2.89. The molecule has 4 rings (SSSR count). The van der Waals surface area contributed by atoms with Crippen LogP contribution in [-0.2, 0) is 9.59 Å². The van der Waals surface area contributed by atoms with E-state index in [-0.39, 0.29) is 17.6 Å². The first kappa shape index (κ1) is 16.4. The van der Waals surface area contributed by atoms with Crippen LogP contribution in [0.5, 0.6) is 0 Å². The number of hydrogen-bond donors (Lipinski definition) is 2. The summed E-state index contributed by atoms with van der Waals surface area (Å²) < 4.78 is 5.55. The van der Waals surface area contributed by atoms with Gasteiger partial charge in [-0.3, -0.25) is 20.4 Å². The van der Waals surface area contributed by atoms with Crippen molar-refractivity contribution in [3.8, 4) is 0 Å². The molecule has 2 N–H and O–H groups in total. The molecule has 0 aliphatic heterocycles. The first-order chi connectivity index (χ1) is 12.2. The third-order valence-electron chi connectivity index (χ3n) is 5.27. The Morgan fingerprint density at radius 3 is 2.76 bits per heavy atom. The van der Waals surface area contributed by atoms with Crippen LogP contribution in [0.15, 0.2) is 33.9 Å². The lowest BCUT2D eigenvalue weighted by atomic mass is 9.86. The monoisotopic (exact) mass is 359 g/mol. The molecule has 2 aliphatic carbocycles. The van der Waals surface area contributed by atoms with Gasteiger partial charge in [0.1, 0.15) is 5.52 Å². The second-order valence-corrected chi connectivity index (χ2v) is 7.90. The molecule has 2 saturated carbocycles. The van der Waals surface area contributed by atoms with Gasteiger partial charge in [-0.1, -0.05) is 30.3 Å². The van der Waals surface area contributed by atoms with Crippen LogP contribution in [0, 0.1) is 17.8 Å². The second-order valence-electron chi connectivity index (χ2n) is 6.97. The first-order valence-corrected chi connectivity index (χ1v) is 9.72. The Balaban J connectivity index is 1.19. The summed E-state index contributed by atoms with van der Waals surface area (Å²) in [6.07, 6.45) is 5.55. The molecule has 7 heteroatoms. The van der Waals surface area contributed by atoms with Crippen LogP contribution in [0.3, 0.4) is 0 Å². The van der Waals surface area contributed by atoms with Gasteiger partial charge in [-0.25, -0.2) is 4.98 Å². The fraction of sp³-hybridized carbons (Fsp3) is 0.500. The summed E-state index contributed by atoms with van der Waals surface area (Å²) in [6.45, 7) is 0. The normalized spacial score (nSPS) is 24.6. The Bertz CT molecular complexity index is 758. The van der Waals surface area contributed by atoms with Crippen molar-refractivity contribution in [2.24, 2.45) is 17.8 Å². The number of oxazole rings is 1. The van der Waals surface area contributed by atoms with Crippen molar-refractivity contribution in [1.82, 2.24) is 15.8 Å². The highest BCUT2D eigenvalue weighted by molar-refractivity contribution is 7.99. The molecule has 6 nitrogen and oxygen atoms in total. The number of thioether (sulfide) groups is 1. The van der Waals surface area contributed by atoms with Crippen molar-refractivity contribution in [3.05, 3.63) is 24.3 Å². The molecule has 1 aromatic heterocycles. The molecule has 3 atom stereocenters. The number of carbonyl (C=O) groups is 2. The van der Waals surface area contributed by atoms with Crippen LogP contribution in [0.4, 0.5) is 0 Å². The van der Waals surface area contributed by atoms with E-state index >= 15 is 0 Å². The van der Waals surface area contributed by atoms with Gasteiger partial charge in [0.15, 0.2) is 5.58 Å². The van der Waals surface area contributed by atoms with Crippen LogP contribution in [0.2, 0.25) is 0 Å². The van der Waals surface area contributed by atoms with Gasteiger partial charge in [-0.2, -0.15) is 0 Å². The van der Waals surface area contributed by atoms with E-state index in [0.717, 1.165) is 11.4 Å².